The van der Waals surface area contributed by atoms with Crippen molar-refractivity contribution in [1.29, 1.82) is 0 Å². The van der Waals surface area contributed by atoms with Crippen molar-refractivity contribution in [3.63, 3.8) is 0 Å². The van der Waals surface area contributed by atoms with Crippen LogP contribution in [0.3, 0.4) is 0 Å². The van der Waals surface area contributed by atoms with E-state index in [4.69, 9.17) is 0 Å². The van der Waals surface area contributed by atoms with Gasteiger partial charge in [0.2, 0.25) is 5.91 Å². The lowest BCUT2D eigenvalue weighted by atomic mass is 9.99. The van der Waals surface area contributed by atoms with Crippen LogP contribution in [0.5, 0.6) is 0 Å². The Morgan fingerprint density at radius 3 is 2.96 bits per heavy atom. The predicted molar refractivity (Wildman–Crippen MR) is 93.3 cm³/mol. The smallest absolute Gasteiger partial charge is 0.238 e. The van der Waals surface area contributed by atoms with Gasteiger partial charge in [-0.15, -0.1) is 0 Å². The second-order valence-corrected chi connectivity index (χ2v) is 6.94. The van der Waals surface area contributed by atoms with Crippen LogP contribution in [0.4, 0.5) is 5.69 Å². The Labute approximate surface area is 138 Å². The van der Waals surface area contributed by atoms with Gasteiger partial charge >= 0.3 is 0 Å². The van der Waals surface area contributed by atoms with Crippen LogP contribution in [0, 0.1) is 5.92 Å². The van der Waals surface area contributed by atoms with Gasteiger partial charge in [0.05, 0.1) is 0 Å². The van der Waals surface area contributed by atoms with E-state index in [1.54, 1.807) is 0 Å². The minimum atomic E-state index is -0.102. The molecule has 1 aromatic carbocycles. The molecule has 3 N–H and O–H groups in total. The molecule has 2 unspecified atom stereocenters. The summed E-state index contributed by atoms with van der Waals surface area (Å²) in [4.78, 5) is 14.6. The predicted octanol–water partition coefficient (Wildman–Crippen LogP) is 1.45. The SMILES string of the molecule is CC(C)C1CC(C(=O)NCCCN2CCc3ccccc32)NN1. The number of rotatable bonds is 6. The average molecular weight is 316 g/mol. The van der Waals surface area contributed by atoms with Crippen molar-refractivity contribution in [2.24, 2.45) is 5.92 Å². The van der Waals surface area contributed by atoms with Gasteiger partial charge < -0.3 is 10.2 Å². The standard InChI is InChI=1S/C18H28N4O/c1-13(2)15-12-16(21-20-15)18(23)19-9-5-10-22-11-8-14-6-3-4-7-17(14)22/h3-4,6-7,13,15-16,20-21H,5,8-12H2,1-2H3,(H,19,23). The second-order valence-electron chi connectivity index (χ2n) is 6.94. The second kappa shape index (κ2) is 7.32. The van der Waals surface area contributed by atoms with E-state index in [-0.39, 0.29) is 11.9 Å². The van der Waals surface area contributed by atoms with E-state index < -0.39 is 0 Å². The van der Waals surface area contributed by atoms with Gasteiger partial charge in [0, 0.05) is 31.4 Å². The Morgan fingerprint density at radius 1 is 1.35 bits per heavy atom. The number of hydrogen-bond acceptors (Lipinski definition) is 4. The first-order valence-electron chi connectivity index (χ1n) is 8.77. The summed E-state index contributed by atoms with van der Waals surface area (Å²) in [7, 11) is 0. The summed E-state index contributed by atoms with van der Waals surface area (Å²) in [5.41, 5.74) is 9.13. The first kappa shape index (κ1) is 16.3. The van der Waals surface area contributed by atoms with Crippen LogP contribution in [0.2, 0.25) is 0 Å². The Balaban J connectivity index is 1.37. The van der Waals surface area contributed by atoms with Crippen molar-refractivity contribution >= 4 is 11.6 Å². The molecule has 2 aliphatic heterocycles. The molecule has 2 aliphatic rings. The topological polar surface area (TPSA) is 56.4 Å². The van der Waals surface area contributed by atoms with Crippen molar-refractivity contribution in [1.82, 2.24) is 16.2 Å². The maximum atomic E-state index is 12.2. The highest BCUT2D eigenvalue weighted by Crippen LogP contribution is 2.27. The highest BCUT2D eigenvalue weighted by molar-refractivity contribution is 5.82. The van der Waals surface area contributed by atoms with E-state index in [9.17, 15) is 4.79 Å². The fourth-order valence-corrected chi connectivity index (χ4v) is 3.43. The molecule has 3 rings (SSSR count). The van der Waals surface area contributed by atoms with Gasteiger partial charge in [-0.2, -0.15) is 0 Å². The van der Waals surface area contributed by atoms with Gasteiger partial charge in [-0.1, -0.05) is 32.0 Å². The van der Waals surface area contributed by atoms with Crippen molar-refractivity contribution < 1.29 is 4.79 Å². The molecule has 5 nitrogen and oxygen atoms in total. The third-order valence-corrected chi connectivity index (χ3v) is 4.94. The van der Waals surface area contributed by atoms with Crippen molar-refractivity contribution in [3.8, 4) is 0 Å². The summed E-state index contributed by atoms with van der Waals surface area (Å²) >= 11 is 0. The quantitative estimate of drug-likeness (QED) is 0.695. The fourth-order valence-electron chi connectivity index (χ4n) is 3.43. The number of nitrogens with one attached hydrogen (secondary N) is 3. The van der Waals surface area contributed by atoms with Crippen LogP contribution in [0.15, 0.2) is 24.3 Å². The summed E-state index contributed by atoms with van der Waals surface area (Å²) in [6.07, 6.45) is 2.98. The summed E-state index contributed by atoms with van der Waals surface area (Å²) in [6, 6.07) is 8.89. The van der Waals surface area contributed by atoms with E-state index >= 15 is 0 Å². The number of hydrazine groups is 1. The molecule has 0 bridgehead atoms. The molecule has 1 amide bonds. The monoisotopic (exact) mass is 316 g/mol. The molecule has 2 atom stereocenters. The van der Waals surface area contributed by atoms with Crippen LogP contribution >= 0.6 is 0 Å². The first-order valence-corrected chi connectivity index (χ1v) is 8.77. The lowest BCUT2D eigenvalue weighted by Crippen LogP contribution is -2.44. The Morgan fingerprint density at radius 2 is 2.17 bits per heavy atom. The number of nitrogens with zero attached hydrogens (tertiary/aromatic N) is 1. The van der Waals surface area contributed by atoms with E-state index in [0.717, 1.165) is 38.9 Å². The largest absolute Gasteiger partial charge is 0.371 e. The number of benzene rings is 1. The van der Waals surface area contributed by atoms with Gasteiger partial charge in [-0.3, -0.25) is 10.2 Å². The fraction of sp³-hybridized carbons (Fsp3) is 0.611. The molecular formula is C18H28N4O. The van der Waals surface area contributed by atoms with Gasteiger partial charge in [0.1, 0.15) is 6.04 Å². The highest BCUT2D eigenvalue weighted by Gasteiger charge is 2.30. The lowest BCUT2D eigenvalue weighted by molar-refractivity contribution is -0.122. The molecule has 23 heavy (non-hydrogen) atoms. The minimum Gasteiger partial charge on any atom is -0.371 e. The summed E-state index contributed by atoms with van der Waals surface area (Å²) < 4.78 is 0. The number of carbonyl (C=O) groups is 1. The Bertz CT molecular complexity index is 546. The number of hydrogen-bond donors (Lipinski definition) is 3. The third kappa shape index (κ3) is 3.85. The third-order valence-electron chi connectivity index (χ3n) is 4.94. The first-order chi connectivity index (χ1) is 11.1. The van der Waals surface area contributed by atoms with E-state index in [1.807, 2.05) is 0 Å². The van der Waals surface area contributed by atoms with Crippen molar-refractivity contribution in [2.75, 3.05) is 24.5 Å². The Kier molecular flexibility index (Phi) is 5.18. The Hall–Kier alpha value is -1.59. The maximum Gasteiger partial charge on any atom is 0.238 e. The molecule has 1 aromatic rings. The number of anilines is 1. The number of fused-ring (bicyclic) bond motifs is 1. The van der Waals surface area contributed by atoms with Crippen LogP contribution in [0.25, 0.3) is 0 Å². The zero-order valence-electron chi connectivity index (χ0n) is 14.1. The van der Waals surface area contributed by atoms with Gasteiger partial charge in [-0.05, 0) is 36.8 Å². The van der Waals surface area contributed by atoms with Crippen LogP contribution < -0.4 is 21.1 Å². The lowest BCUT2D eigenvalue weighted by Gasteiger charge is -2.19. The van der Waals surface area contributed by atoms with Crippen molar-refractivity contribution in [2.45, 2.75) is 45.2 Å². The summed E-state index contributed by atoms with van der Waals surface area (Å²) in [6.45, 7) is 7.18. The van der Waals surface area contributed by atoms with Gasteiger partial charge in [0.15, 0.2) is 0 Å². The van der Waals surface area contributed by atoms with Gasteiger partial charge in [0.25, 0.3) is 0 Å². The average Bonchev–Trinajstić information content (AvgIpc) is 3.19. The zero-order valence-corrected chi connectivity index (χ0v) is 14.1. The highest BCUT2D eigenvalue weighted by atomic mass is 16.2. The zero-order chi connectivity index (χ0) is 16.2. The number of carbonyl (C=O) groups excluding carboxylic acids is 1. The molecule has 126 valence electrons. The van der Waals surface area contributed by atoms with E-state index in [0.29, 0.717) is 12.0 Å². The van der Waals surface area contributed by atoms with Crippen LogP contribution in [-0.2, 0) is 11.2 Å². The molecule has 1 fully saturated rings. The molecule has 0 aromatic heterocycles. The number of para-hydroxylation sites is 1. The van der Waals surface area contributed by atoms with E-state index in [2.05, 4.69) is 59.2 Å². The molecule has 1 saturated heterocycles. The molecule has 0 radical (unpaired) electrons. The molecule has 0 aliphatic carbocycles. The maximum absolute atomic E-state index is 12.2. The molecular weight excluding hydrogens is 288 g/mol. The number of amides is 1. The van der Waals surface area contributed by atoms with Crippen molar-refractivity contribution in [3.05, 3.63) is 29.8 Å². The molecule has 0 spiro atoms. The summed E-state index contributed by atoms with van der Waals surface area (Å²) in [5.74, 6) is 0.651. The molecule has 2 heterocycles. The molecule has 5 heteroatoms. The normalized spacial score (nSPS) is 23.3. The van der Waals surface area contributed by atoms with Crippen LogP contribution in [0.1, 0.15) is 32.3 Å². The minimum absolute atomic E-state index is 0.102. The summed E-state index contributed by atoms with van der Waals surface area (Å²) in [5, 5.41) is 3.06. The van der Waals surface area contributed by atoms with Gasteiger partial charge in [-0.25, -0.2) is 5.43 Å². The van der Waals surface area contributed by atoms with E-state index in [1.165, 1.54) is 11.3 Å². The molecule has 0 saturated carbocycles. The van der Waals surface area contributed by atoms with Crippen LogP contribution in [-0.4, -0.2) is 37.6 Å².